The zero-order valence-corrected chi connectivity index (χ0v) is 13.4. The minimum atomic E-state index is 0. The first-order valence-electron chi connectivity index (χ1n) is 7.35. The zero-order valence-electron chi connectivity index (χ0n) is 12.5. The summed E-state index contributed by atoms with van der Waals surface area (Å²) in [6.07, 6.45) is 2.44. The van der Waals surface area contributed by atoms with Crippen molar-refractivity contribution in [3.63, 3.8) is 0 Å². The summed E-state index contributed by atoms with van der Waals surface area (Å²) in [6, 6.07) is 18.5. The molecule has 2 nitrogen and oxygen atoms in total. The Morgan fingerprint density at radius 3 is 2.43 bits per heavy atom. The van der Waals surface area contributed by atoms with Crippen LogP contribution in [0.3, 0.4) is 0 Å². The smallest absolute Gasteiger partial charge is 0.124 e. The molecule has 0 spiro atoms. The lowest BCUT2D eigenvalue weighted by Gasteiger charge is -2.12. The maximum Gasteiger partial charge on any atom is 0.124 e. The van der Waals surface area contributed by atoms with Crippen LogP contribution in [0, 0.1) is 0 Å². The third-order valence-electron chi connectivity index (χ3n) is 3.23. The second-order valence-corrected chi connectivity index (χ2v) is 4.91. The topological polar surface area (TPSA) is 21.3 Å². The number of para-hydroxylation sites is 1. The van der Waals surface area contributed by atoms with E-state index in [1.54, 1.807) is 0 Å². The Morgan fingerprint density at radius 1 is 0.952 bits per heavy atom. The van der Waals surface area contributed by atoms with Crippen molar-refractivity contribution >= 4 is 12.4 Å². The first-order chi connectivity index (χ1) is 9.90. The lowest BCUT2D eigenvalue weighted by molar-refractivity contribution is 0.302. The Morgan fingerprint density at radius 2 is 1.67 bits per heavy atom. The Kier molecular flexibility index (Phi) is 8.56. The maximum atomic E-state index is 5.94. The predicted octanol–water partition coefficient (Wildman–Crippen LogP) is 4.58. The third-order valence-corrected chi connectivity index (χ3v) is 3.23. The summed E-state index contributed by atoms with van der Waals surface area (Å²) in [5, 5.41) is 3.46. The Hall–Kier alpha value is -1.51. The van der Waals surface area contributed by atoms with Gasteiger partial charge in [0.05, 0.1) is 0 Å². The molecule has 0 bridgehead atoms. The molecular weight excluding hydrogens is 282 g/mol. The van der Waals surface area contributed by atoms with Gasteiger partial charge in [0.1, 0.15) is 12.4 Å². The number of benzene rings is 2. The number of ether oxygens (including phenoxy) is 1. The van der Waals surface area contributed by atoms with E-state index in [0.717, 1.165) is 18.8 Å². The molecule has 0 aliphatic heterocycles. The molecule has 0 atom stereocenters. The van der Waals surface area contributed by atoms with Gasteiger partial charge in [-0.2, -0.15) is 0 Å². The van der Waals surface area contributed by atoms with E-state index < -0.39 is 0 Å². The number of hydrogen-bond acceptors (Lipinski definition) is 2. The van der Waals surface area contributed by atoms with E-state index in [0.29, 0.717) is 6.61 Å². The number of unbranched alkanes of at least 4 members (excludes halogenated alkanes) is 1. The lowest BCUT2D eigenvalue weighted by atomic mass is 10.2. The summed E-state index contributed by atoms with van der Waals surface area (Å²) >= 11 is 0. The molecule has 0 aliphatic rings. The second kappa shape index (κ2) is 10.3. The van der Waals surface area contributed by atoms with Gasteiger partial charge >= 0.3 is 0 Å². The van der Waals surface area contributed by atoms with Crippen LogP contribution in [0.4, 0.5) is 0 Å². The molecule has 0 aromatic heterocycles. The van der Waals surface area contributed by atoms with E-state index in [4.69, 9.17) is 4.74 Å². The van der Waals surface area contributed by atoms with Crippen LogP contribution in [-0.4, -0.2) is 6.54 Å². The van der Waals surface area contributed by atoms with Crippen LogP contribution in [0.1, 0.15) is 30.9 Å². The highest BCUT2D eigenvalue weighted by atomic mass is 35.5. The summed E-state index contributed by atoms with van der Waals surface area (Å²) in [5.41, 5.74) is 2.42. The Bertz CT molecular complexity index is 502. The fourth-order valence-corrected chi connectivity index (χ4v) is 2.05. The van der Waals surface area contributed by atoms with Gasteiger partial charge in [-0.15, -0.1) is 12.4 Å². The predicted molar refractivity (Wildman–Crippen MR) is 91.1 cm³/mol. The molecular formula is C18H24ClNO. The zero-order chi connectivity index (χ0) is 14.0. The molecule has 2 rings (SSSR count). The highest BCUT2D eigenvalue weighted by Crippen LogP contribution is 2.19. The monoisotopic (exact) mass is 305 g/mol. The number of hydrogen-bond donors (Lipinski definition) is 1. The molecule has 0 amide bonds. The number of halogens is 1. The first kappa shape index (κ1) is 17.5. The summed E-state index contributed by atoms with van der Waals surface area (Å²) in [7, 11) is 0. The summed E-state index contributed by atoms with van der Waals surface area (Å²) in [4.78, 5) is 0. The van der Waals surface area contributed by atoms with E-state index >= 15 is 0 Å². The second-order valence-electron chi connectivity index (χ2n) is 4.91. The van der Waals surface area contributed by atoms with Gasteiger partial charge in [-0.25, -0.2) is 0 Å². The highest BCUT2D eigenvalue weighted by Gasteiger charge is 2.02. The minimum absolute atomic E-state index is 0. The van der Waals surface area contributed by atoms with Crippen molar-refractivity contribution in [2.45, 2.75) is 32.9 Å². The maximum absolute atomic E-state index is 5.94. The van der Waals surface area contributed by atoms with Crippen molar-refractivity contribution in [1.82, 2.24) is 5.32 Å². The molecule has 2 aromatic carbocycles. The van der Waals surface area contributed by atoms with Crippen LogP contribution in [0.2, 0.25) is 0 Å². The Balaban J connectivity index is 0.00000220. The van der Waals surface area contributed by atoms with Crippen LogP contribution in [-0.2, 0) is 13.2 Å². The van der Waals surface area contributed by atoms with E-state index in [-0.39, 0.29) is 12.4 Å². The van der Waals surface area contributed by atoms with Crippen molar-refractivity contribution in [3.8, 4) is 5.75 Å². The summed E-state index contributed by atoms with van der Waals surface area (Å²) < 4.78 is 5.94. The quantitative estimate of drug-likeness (QED) is 0.721. The number of rotatable bonds is 8. The van der Waals surface area contributed by atoms with E-state index in [9.17, 15) is 0 Å². The van der Waals surface area contributed by atoms with Gasteiger partial charge in [0.15, 0.2) is 0 Å². The molecule has 0 fully saturated rings. The van der Waals surface area contributed by atoms with Crippen molar-refractivity contribution < 1.29 is 4.74 Å². The molecule has 0 heterocycles. The van der Waals surface area contributed by atoms with Gasteiger partial charge in [0.25, 0.3) is 0 Å². The molecule has 114 valence electrons. The molecule has 2 aromatic rings. The normalized spacial score (nSPS) is 9.95. The third kappa shape index (κ3) is 6.19. The number of nitrogens with one attached hydrogen (secondary N) is 1. The Labute approximate surface area is 133 Å². The average molecular weight is 306 g/mol. The van der Waals surface area contributed by atoms with Crippen LogP contribution < -0.4 is 10.1 Å². The molecule has 0 saturated heterocycles. The molecule has 0 saturated carbocycles. The fraction of sp³-hybridized carbons (Fsp3) is 0.333. The largest absolute Gasteiger partial charge is 0.489 e. The van der Waals surface area contributed by atoms with Crippen molar-refractivity contribution in [2.75, 3.05) is 6.54 Å². The van der Waals surface area contributed by atoms with Crippen LogP contribution in [0.5, 0.6) is 5.75 Å². The lowest BCUT2D eigenvalue weighted by Crippen LogP contribution is -2.15. The van der Waals surface area contributed by atoms with Crippen molar-refractivity contribution in [1.29, 1.82) is 0 Å². The highest BCUT2D eigenvalue weighted by molar-refractivity contribution is 5.85. The summed E-state index contributed by atoms with van der Waals surface area (Å²) in [6.45, 7) is 4.75. The molecule has 0 unspecified atom stereocenters. The first-order valence-corrected chi connectivity index (χ1v) is 7.35. The molecule has 0 radical (unpaired) electrons. The fourth-order valence-electron chi connectivity index (χ4n) is 2.05. The van der Waals surface area contributed by atoms with Gasteiger partial charge in [-0.05, 0) is 24.6 Å². The summed E-state index contributed by atoms with van der Waals surface area (Å²) in [5.74, 6) is 0.973. The van der Waals surface area contributed by atoms with Gasteiger partial charge in [-0.3, -0.25) is 0 Å². The van der Waals surface area contributed by atoms with E-state index in [2.05, 4.69) is 36.5 Å². The van der Waals surface area contributed by atoms with E-state index in [1.165, 1.54) is 24.0 Å². The van der Waals surface area contributed by atoms with Crippen LogP contribution >= 0.6 is 12.4 Å². The van der Waals surface area contributed by atoms with Crippen LogP contribution in [0.25, 0.3) is 0 Å². The van der Waals surface area contributed by atoms with Gasteiger partial charge in [0.2, 0.25) is 0 Å². The van der Waals surface area contributed by atoms with Crippen molar-refractivity contribution in [2.24, 2.45) is 0 Å². The van der Waals surface area contributed by atoms with E-state index in [1.807, 2.05) is 30.3 Å². The molecule has 1 N–H and O–H groups in total. The van der Waals surface area contributed by atoms with Crippen molar-refractivity contribution in [3.05, 3.63) is 65.7 Å². The van der Waals surface area contributed by atoms with Gasteiger partial charge in [-0.1, -0.05) is 61.9 Å². The molecule has 3 heteroatoms. The molecule has 0 aliphatic carbocycles. The van der Waals surface area contributed by atoms with Gasteiger partial charge < -0.3 is 10.1 Å². The molecule has 21 heavy (non-hydrogen) atoms. The minimum Gasteiger partial charge on any atom is -0.489 e. The standard InChI is InChI=1S/C18H23NO.ClH/c1-2-3-13-19-14-17-11-7-8-12-18(17)20-15-16-9-5-4-6-10-16;/h4-12,19H,2-3,13-15H2,1H3;1H. The SMILES string of the molecule is CCCCNCc1ccccc1OCc1ccccc1.Cl. The van der Waals surface area contributed by atoms with Crippen LogP contribution in [0.15, 0.2) is 54.6 Å². The average Bonchev–Trinajstić information content (AvgIpc) is 2.51. The van der Waals surface area contributed by atoms with Gasteiger partial charge in [0, 0.05) is 12.1 Å².